The topological polar surface area (TPSA) is 29.3 Å². The summed E-state index contributed by atoms with van der Waals surface area (Å²) in [4.78, 5) is 1.35. The lowest BCUT2D eigenvalue weighted by Gasteiger charge is -2.21. The molecule has 0 heterocycles. The van der Waals surface area contributed by atoms with Crippen LogP contribution < -0.4 is 5.73 Å². The van der Waals surface area contributed by atoms with Gasteiger partial charge >= 0.3 is 6.18 Å². The van der Waals surface area contributed by atoms with Crippen LogP contribution in [-0.4, -0.2) is 37.3 Å². The van der Waals surface area contributed by atoms with Gasteiger partial charge in [0.05, 0.1) is 6.54 Å². The molecule has 0 aliphatic carbocycles. The average Bonchev–Trinajstić information content (AvgIpc) is 2.02. The van der Waals surface area contributed by atoms with Crippen LogP contribution in [0.5, 0.6) is 0 Å². The summed E-state index contributed by atoms with van der Waals surface area (Å²) in [7, 11) is 0. The van der Waals surface area contributed by atoms with E-state index in [0.29, 0.717) is 26.1 Å². The van der Waals surface area contributed by atoms with E-state index in [9.17, 15) is 13.2 Å². The van der Waals surface area contributed by atoms with Crippen molar-refractivity contribution >= 4 is 0 Å². The minimum Gasteiger partial charge on any atom is -0.327 e. The van der Waals surface area contributed by atoms with E-state index in [0.717, 1.165) is 0 Å². The fourth-order valence-corrected chi connectivity index (χ4v) is 1.12. The second kappa shape index (κ2) is 6.84. The first-order chi connectivity index (χ1) is 6.49. The van der Waals surface area contributed by atoms with Gasteiger partial charge in [-0.25, -0.2) is 0 Å². The molecule has 2 N–H and O–H groups in total. The first-order valence-electron chi connectivity index (χ1n) is 4.63. The van der Waals surface area contributed by atoms with Crippen LogP contribution >= 0.6 is 0 Å². The molecular formula is C9H17F3N2. The molecule has 0 saturated carbocycles. The summed E-state index contributed by atoms with van der Waals surface area (Å²) in [6.07, 6.45) is -0.0707. The predicted octanol–water partition coefficient (Wildman–Crippen LogP) is 1.78. The maximum atomic E-state index is 12.0. The maximum Gasteiger partial charge on any atom is 0.401 e. The summed E-state index contributed by atoms with van der Waals surface area (Å²) in [5, 5.41) is 0. The Morgan fingerprint density at radius 1 is 1.29 bits per heavy atom. The number of hydrogen-bond acceptors (Lipinski definition) is 2. The molecular weight excluding hydrogens is 193 g/mol. The number of nitrogens with two attached hydrogens (primary N) is 1. The smallest absolute Gasteiger partial charge is 0.327 e. The first kappa shape index (κ1) is 13.4. The predicted molar refractivity (Wildman–Crippen MR) is 51.0 cm³/mol. The highest BCUT2D eigenvalue weighted by Crippen LogP contribution is 2.16. The molecule has 0 spiro atoms. The van der Waals surface area contributed by atoms with Crippen molar-refractivity contribution < 1.29 is 13.2 Å². The van der Waals surface area contributed by atoms with Gasteiger partial charge < -0.3 is 5.73 Å². The van der Waals surface area contributed by atoms with Crippen LogP contribution in [-0.2, 0) is 0 Å². The summed E-state index contributed by atoms with van der Waals surface area (Å²) in [6, 6.07) is 0. The highest BCUT2D eigenvalue weighted by molar-refractivity contribution is 4.86. The van der Waals surface area contributed by atoms with E-state index in [-0.39, 0.29) is 0 Å². The zero-order chi connectivity index (χ0) is 11.0. The van der Waals surface area contributed by atoms with Crippen LogP contribution in [0, 0.1) is 0 Å². The number of halogens is 3. The Hall–Kier alpha value is -0.550. The molecule has 0 aromatic rings. The van der Waals surface area contributed by atoms with Gasteiger partial charge in [0, 0.05) is 13.1 Å². The van der Waals surface area contributed by atoms with Crippen molar-refractivity contribution in [2.24, 2.45) is 5.73 Å². The van der Waals surface area contributed by atoms with Crippen LogP contribution in [0.25, 0.3) is 0 Å². The number of nitrogens with zero attached hydrogens (tertiary/aromatic N) is 1. The van der Waals surface area contributed by atoms with Crippen molar-refractivity contribution in [3.05, 3.63) is 12.2 Å². The second-order valence-corrected chi connectivity index (χ2v) is 3.06. The van der Waals surface area contributed by atoms with Crippen molar-refractivity contribution in [3.8, 4) is 0 Å². The van der Waals surface area contributed by atoms with Crippen molar-refractivity contribution in [2.75, 3.05) is 26.2 Å². The molecule has 0 amide bonds. The quantitative estimate of drug-likeness (QED) is 0.677. The number of rotatable bonds is 6. The molecule has 0 aromatic carbocycles. The van der Waals surface area contributed by atoms with Crippen LogP contribution in [0.1, 0.15) is 13.3 Å². The lowest BCUT2D eigenvalue weighted by molar-refractivity contribution is -0.144. The standard InChI is InChI=1S/C9H17F3N2/c1-2-6-14(7-4-3-5-13)8-9(10,11)12/h3-4H,2,5-8,13H2,1H3. The fraction of sp³-hybridized carbons (Fsp3) is 0.778. The Bertz CT molecular complexity index is 166. The summed E-state index contributed by atoms with van der Waals surface area (Å²) in [5.74, 6) is 0. The van der Waals surface area contributed by atoms with Gasteiger partial charge in [-0.3, -0.25) is 4.90 Å². The van der Waals surface area contributed by atoms with Gasteiger partial charge in [0.1, 0.15) is 0 Å². The van der Waals surface area contributed by atoms with Gasteiger partial charge in [0.15, 0.2) is 0 Å². The van der Waals surface area contributed by atoms with Gasteiger partial charge in [-0.15, -0.1) is 0 Å². The van der Waals surface area contributed by atoms with Crippen molar-refractivity contribution in [1.82, 2.24) is 4.90 Å². The minimum absolute atomic E-state index is 0.310. The molecule has 0 aliphatic rings. The largest absolute Gasteiger partial charge is 0.401 e. The van der Waals surface area contributed by atoms with Gasteiger partial charge in [0.2, 0.25) is 0 Å². The molecule has 0 aromatic heterocycles. The van der Waals surface area contributed by atoms with E-state index in [1.807, 2.05) is 6.92 Å². The first-order valence-corrected chi connectivity index (χ1v) is 4.63. The summed E-state index contributed by atoms with van der Waals surface area (Å²) < 4.78 is 36.1. The molecule has 0 bridgehead atoms. The third-order valence-electron chi connectivity index (χ3n) is 1.61. The Kier molecular flexibility index (Phi) is 6.57. The molecule has 0 saturated heterocycles. The van der Waals surface area contributed by atoms with Crippen molar-refractivity contribution in [1.29, 1.82) is 0 Å². The Morgan fingerprint density at radius 3 is 2.36 bits per heavy atom. The normalized spacial score (nSPS) is 13.0. The van der Waals surface area contributed by atoms with E-state index >= 15 is 0 Å². The Balaban J connectivity index is 3.95. The molecule has 0 rings (SSSR count). The molecule has 2 nitrogen and oxygen atoms in total. The maximum absolute atomic E-state index is 12.0. The van der Waals surface area contributed by atoms with Crippen molar-refractivity contribution in [2.45, 2.75) is 19.5 Å². The molecule has 0 fully saturated rings. The molecule has 14 heavy (non-hydrogen) atoms. The molecule has 84 valence electrons. The molecule has 5 heteroatoms. The molecule has 0 radical (unpaired) electrons. The van der Waals surface area contributed by atoms with E-state index in [1.165, 1.54) is 4.90 Å². The van der Waals surface area contributed by atoms with E-state index in [1.54, 1.807) is 12.2 Å². The van der Waals surface area contributed by atoms with Crippen LogP contribution in [0.15, 0.2) is 12.2 Å². The van der Waals surface area contributed by atoms with Crippen LogP contribution in [0.3, 0.4) is 0 Å². The second-order valence-electron chi connectivity index (χ2n) is 3.06. The lowest BCUT2D eigenvalue weighted by Crippen LogP contribution is -2.34. The summed E-state index contributed by atoms with van der Waals surface area (Å²) >= 11 is 0. The van der Waals surface area contributed by atoms with E-state index < -0.39 is 12.7 Å². The summed E-state index contributed by atoms with van der Waals surface area (Å²) in [5.41, 5.74) is 5.19. The van der Waals surface area contributed by atoms with Crippen LogP contribution in [0.2, 0.25) is 0 Å². The number of alkyl halides is 3. The SMILES string of the molecule is CCCN(CC=CCN)CC(F)(F)F. The van der Waals surface area contributed by atoms with Crippen molar-refractivity contribution in [3.63, 3.8) is 0 Å². The summed E-state index contributed by atoms with van der Waals surface area (Å²) in [6.45, 7) is 2.14. The van der Waals surface area contributed by atoms with Gasteiger partial charge in [-0.05, 0) is 13.0 Å². The molecule has 0 unspecified atom stereocenters. The zero-order valence-corrected chi connectivity index (χ0v) is 8.35. The van der Waals surface area contributed by atoms with Gasteiger partial charge in [-0.2, -0.15) is 13.2 Å². The fourth-order valence-electron chi connectivity index (χ4n) is 1.12. The zero-order valence-electron chi connectivity index (χ0n) is 8.35. The Labute approximate surface area is 82.6 Å². The highest BCUT2D eigenvalue weighted by Gasteiger charge is 2.29. The minimum atomic E-state index is -4.12. The van der Waals surface area contributed by atoms with Gasteiger partial charge in [-0.1, -0.05) is 19.1 Å². The van der Waals surface area contributed by atoms with E-state index in [4.69, 9.17) is 5.73 Å². The third-order valence-corrected chi connectivity index (χ3v) is 1.61. The Morgan fingerprint density at radius 2 is 1.93 bits per heavy atom. The highest BCUT2D eigenvalue weighted by atomic mass is 19.4. The van der Waals surface area contributed by atoms with Gasteiger partial charge in [0.25, 0.3) is 0 Å². The van der Waals surface area contributed by atoms with E-state index in [2.05, 4.69) is 0 Å². The van der Waals surface area contributed by atoms with Crippen LogP contribution in [0.4, 0.5) is 13.2 Å². The monoisotopic (exact) mass is 210 g/mol. The third kappa shape index (κ3) is 8.07. The average molecular weight is 210 g/mol. The molecule has 0 atom stereocenters. The molecule has 0 aliphatic heterocycles. The lowest BCUT2D eigenvalue weighted by atomic mass is 10.3. The number of hydrogen-bond donors (Lipinski definition) is 1.